The third-order valence-electron chi connectivity index (χ3n) is 4.01. The Morgan fingerprint density at radius 2 is 1.57 bits per heavy atom. The van der Waals surface area contributed by atoms with Gasteiger partial charge in [-0.3, -0.25) is 9.59 Å². The van der Waals surface area contributed by atoms with Crippen molar-refractivity contribution in [2.75, 3.05) is 5.32 Å². The zero-order valence-corrected chi connectivity index (χ0v) is 12.6. The van der Waals surface area contributed by atoms with Crippen molar-refractivity contribution < 1.29 is 14.7 Å². The number of hydrogen-bond donors (Lipinski definition) is 2. The van der Waals surface area contributed by atoms with Gasteiger partial charge in [0.1, 0.15) is 0 Å². The van der Waals surface area contributed by atoms with Gasteiger partial charge in [0.05, 0.1) is 11.8 Å². The molecule has 0 spiro atoms. The van der Waals surface area contributed by atoms with Gasteiger partial charge in [-0.2, -0.15) is 0 Å². The molecule has 1 aromatic carbocycles. The average Bonchev–Trinajstić information content (AvgIpc) is 2.42. The maximum atomic E-state index is 12.5. The molecule has 4 heteroatoms. The van der Waals surface area contributed by atoms with Crippen LogP contribution in [0, 0.1) is 32.6 Å². The molecule has 2 rings (SSSR count). The van der Waals surface area contributed by atoms with Gasteiger partial charge in [-0.15, -0.1) is 0 Å². The number of carboxylic acids is 1. The highest BCUT2D eigenvalue weighted by Crippen LogP contribution is 2.29. The summed E-state index contributed by atoms with van der Waals surface area (Å²) in [6, 6.07) is 4.02. The van der Waals surface area contributed by atoms with Crippen molar-refractivity contribution in [2.24, 2.45) is 11.8 Å². The predicted octanol–water partition coefficient (Wildman–Crippen LogP) is 3.22. The molecular weight excluding hydrogens is 266 g/mol. The first-order valence-corrected chi connectivity index (χ1v) is 7.16. The summed E-state index contributed by atoms with van der Waals surface area (Å²) in [5, 5.41) is 12.2. The van der Waals surface area contributed by atoms with Crippen molar-refractivity contribution in [1.82, 2.24) is 0 Å². The van der Waals surface area contributed by atoms with Crippen LogP contribution in [0.15, 0.2) is 24.3 Å². The molecule has 1 aromatic rings. The molecule has 1 aliphatic rings. The largest absolute Gasteiger partial charge is 0.481 e. The van der Waals surface area contributed by atoms with Gasteiger partial charge in [0.25, 0.3) is 0 Å². The fourth-order valence-corrected chi connectivity index (χ4v) is 2.97. The molecule has 0 radical (unpaired) electrons. The summed E-state index contributed by atoms with van der Waals surface area (Å²) < 4.78 is 0. The molecule has 2 N–H and O–H groups in total. The summed E-state index contributed by atoms with van der Waals surface area (Å²) in [7, 11) is 0. The molecule has 0 saturated carbocycles. The number of hydrogen-bond acceptors (Lipinski definition) is 2. The predicted molar refractivity (Wildman–Crippen MR) is 82.3 cm³/mol. The molecule has 0 heterocycles. The summed E-state index contributed by atoms with van der Waals surface area (Å²) in [6.07, 6.45) is 4.62. The van der Waals surface area contributed by atoms with Gasteiger partial charge in [-0.1, -0.05) is 29.8 Å². The van der Waals surface area contributed by atoms with Crippen LogP contribution in [-0.2, 0) is 9.59 Å². The maximum Gasteiger partial charge on any atom is 0.307 e. The van der Waals surface area contributed by atoms with E-state index in [0.29, 0.717) is 12.8 Å². The van der Waals surface area contributed by atoms with E-state index in [9.17, 15) is 14.7 Å². The lowest BCUT2D eigenvalue weighted by atomic mass is 9.82. The molecule has 0 unspecified atom stereocenters. The summed E-state index contributed by atoms with van der Waals surface area (Å²) in [4.78, 5) is 23.7. The van der Waals surface area contributed by atoms with Crippen molar-refractivity contribution in [2.45, 2.75) is 33.6 Å². The molecule has 2 atom stereocenters. The van der Waals surface area contributed by atoms with Gasteiger partial charge in [0, 0.05) is 5.69 Å². The third-order valence-corrected chi connectivity index (χ3v) is 4.01. The SMILES string of the molecule is Cc1cc(C)c(NC(=O)[C@@H]2CC=CC[C@H]2C(=O)O)c(C)c1. The molecular formula is C17H21NO3. The van der Waals surface area contributed by atoms with E-state index < -0.39 is 17.8 Å². The highest BCUT2D eigenvalue weighted by molar-refractivity contribution is 5.96. The number of rotatable bonds is 3. The first-order valence-electron chi connectivity index (χ1n) is 7.16. The van der Waals surface area contributed by atoms with Crippen molar-refractivity contribution >= 4 is 17.6 Å². The van der Waals surface area contributed by atoms with Crippen LogP contribution in [0.5, 0.6) is 0 Å². The van der Waals surface area contributed by atoms with E-state index in [1.54, 1.807) is 0 Å². The quantitative estimate of drug-likeness (QED) is 0.839. The first kappa shape index (κ1) is 15.3. The van der Waals surface area contributed by atoms with E-state index in [-0.39, 0.29) is 5.91 Å². The molecule has 0 aliphatic heterocycles. The zero-order valence-electron chi connectivity index (χ0n) is 12.6. The normalized spacial score (nSPS) is 21.1. The Morgan fingerprint density at radius 3 is 2.10 bits per heavy atom. The Balaban J connectivity index is 2.21. The molecule has 112 valence electrons. The molecule has 0 saturated heterocycles. The number of carbonyl (C=O) groups is 2. The molecule has 1 amide bonds. The summed E-state index contributed by atoms with van der Waals surface area (Å²) in [6.45, 7) is 5.91. The monoisotopic (exact) mass is 287 g/mol. The van der Waals surface area contributed by atoms with E-state index in [0.717, 1.165) is 22.4 Å². The van der Waals surface area contributed by atoms with E-state index in [2.05, 4.69) is 5.32 Å². The average molecular weight is 287 g/mol. The fraction of sp³-hybridized carbons (Fsp3) is 0.412. The number of anilines is 1. The highest BCUT2D eigenvalue weighted by Gasteiger charge is 2.34. The van der Waals surface area contributed by atoms with Crippen LogP contribution in [0.1, 0.15) is 29.5 Å². The van der Waals surface area contributed by atoms with E-state index in [1.165, 1.54) is 0 Å². The number of allylic oxidation sites excluding steroid dienone is 2. The van der Waals surface area contributed by atoms with E-state index in [4.69, 9.17) is 0 Å². The summed E-state index contributed by atoms with van der Waals surface area (Å²) in [5.41, 5.74) is 3.94. The molecule has 0 fully saturated rings. The lowest BCUT2D eigenvalue weighted by Crippen LogP contribution is -2.35. The Hall–Kier alpha value is -2.10. The van der Waals surface area contributed by atoms with Crippen molar-refractivity contribution in [1.29, 1.82) is 0 Å². The second-order valence-electron chi connectivity index (χ2n) is 5.76. The zero-order chi connectivity index (χ0) is 15.6. The van der Waals surface area contributed by atoms with Crippen molar-refractivity contribution in [3.8, 4) is 0 Å². The van der Waals surface area contributed by atoms with Gasteiger partial charge in [0.2, 0.25) is 5.91 Å². The summed E-state index contributed by atoms with van der Waals surface area (Å²) in [5.74, 6) is -2.26. The number of nitrogens with one attached hydrogen (secondary N) is 1. The Kier molecular flexibility index (Phi) is 4.46. The molecule has 1 aliphatic carbocycles. The number of aliphatic carboxylic acids is 1. The Bertz CT molecular complexity index is 581. The number of carbonyl (C=O) groups excluding carboxylic acids is 1. The molecule has 0 bridgehead atoms. The lowest BCUT2D eigenvalue weighted by molar-refractivity contribution is -0.146. The number of benzene rings is 1. The van der Waals surface area contributed by atoms with Gasteiger partial charge in [0.15, 0.2) is 0 Å². The second-order valence-corrected chi connectivity index (χ2v) is 5.76. The van der Waals surface area contributed by atoms with Crippen LogP contribution in [-0.4, -0.2) is 17.0 Å². The Morgan fingerprint density at radius 1 is 1.05 bits per heavy atom. The molecule has 4 nitrogen and oxygen atoms in total. The van der Waals surface area contributed by atoms with Crippen LogP contribution < -0.4 is 5.32 Å². The number of amides is 1. The fourth-order valence-electron chi connectivity index (χ4n) is 2.97. The minimum atomic E-state index is -0.906. The lowest BCUT2D eigenvalue weighted by Gasteiger charge is -2.25. The van der Waals surface area contributed by atoms with Crippen LogP contribution in [0.2, 0.25) is 0 Å². The molecule has 21 heavy (non-hydrogen) atoms. The van der Waals surface area contributed by atoms with Gasteiger partial charge < -0.3 is 10.4 Å². The smallest absolute Gasteiger partial charge is 0.307 e. The maximum absolute atomic E-state index is 12.5. The van der Waals surface area contributed by atoms with Gasteiger partial charge in [-0.05, 0) is 44.7 Å². The number of aryl methyl sites for hydroxylation is 3. The highest BCUT2D eigenvalue weighted by atomic mass is 16.4. The van der Waals surface area contributed by atoms with Crippen LogP contribution in [0.25, 0.3) is 0 Å². The van der Waals surface area contributed by atoms with Crippen LogP contribution >= 0.6 is 0 Å². The van der Waals surface area contributed by atoms with Crippen molar-refractivity contribution in [3.05, 3.63) is 41.0 Å². The third kappa shape index (κ3) is 3.32. The first-order chi connectivity index (χ1) is 9.90. The van der Waals surface area contributed by atoms with E-state index >= 15 is 0 Å². The second kappa shape index (κ2) is 6.12. The van der Waals surface area contributed by atoms with Crippen LogP contribution in [0.3, 0.4) is 0 Å². The minimum Gasteiger partial charge on any atom is -0.481 e. The summed E-state index contributed by atoms with van der Waals surface area (Å²) >= 11 is 0. The van der Waals surface area contributed by atoms with Crippen LogP contribution in [0.4, 0.5) is 5.69 Å². The van der Waals surface area contributed by atoms with Crippen molar-refractivity contribution in [3.63, 3.8) is 0 Å². The Labute approximate surface area is 124 Å². The van der Waals surface area contributed by atoms with E-state index in [1.807, 2.05) is 45.1 Å². The van der Waals surface area contributed by atoms with Gasteiger partial charge >= 0.3 is 5.97 Å². The number of carboxylic acid groups (broad SMARTS) is 1. The minimum absolute atomic E-state index is 0.207. The van der Waals surface area contributed by atoms with Gasteiger partial charge in [-0.25, -0.2) is 0 Å². The standard InChI is InChI=1S/C17H21NO3/c1-10-8-11(2)15(12(3)9-10)18-16(19)13-6-4-5-7-14(13)17(20)21/h4-5,8-9,13-14H,6-7H2,1-3H3,(H,18,19)(H,20,21)/t13-,14-/m1/s1. The molecule has 0 aromatic heterocycles. The topological polar surface area (TPSA) is 66.4 Å².